The highest BCUT2D eigenvalue weighted by molar-refractivity contribution is 4.88. The SMILES string of the molecule is OC[C@@H]1[C@@H](O)[C@H](O)[C@@H](O)C[N+]12CCCC2.[Br-]. The van der Waals surface area contributed by atoms with Gasteiger partial charge in [0.15, 0.2) is 0 Å². The first-order valence-corrected chi connectivity index (χ1v) is 5.61. The van der Waals surface area contributed by atoms with Crippen LogP contribution in [0.5, 0.6) is 0 Å². The molecule has 0 saturated carbocycles. The number of piperidine rings is 1. The molecule has 0 aliphatic carbocycles. The van der Waals surface area contributed by atoms with Crippen molar-refractivity contribution >= 4 is 0 Å². The molecule has 96 valence electrons. The number of quaternary nitrogens is 1. The summed E-state index contributed by atoms with van der Waals surface area (Å²) in [5.74, 6) is 0. The molecule has 0 aromatic carbocycles. The van der Waals surface area contributed by atoms with Crippen LogP contribution in [0, 0.1) is 0 Å². The third-order valence-electron chi connectivity index (χ3n) is 4.04. The molecule has 0 unspecified atom stereocenters. The second-order valence-electron chi connectivity index (χ2n) is 4.85. The minimum absolute atomic E-state index is 0. The number of hydrogen-bond acceptors (Lipinski definition) is 4. The minimum Gasteiger partial charge on any atom is -1.00 e. The van der Waals surface area contributed by atoms with E-state index in [0.717, 1.165) is 25.9 Å². The maximum atomic E-state index is 9.85. The molecule has 2 aliphatic rings. The van der Waals surface area contributed by atoms with Gasteiger partial charge in [-0.3, -0.25) is 0 Å². The van der Waals surface area contributed by atoms with Gasteiger partial charge in [-0.15, -0.1) is 0 Å². The van der Waals surface area contributed by atoms with Crippen LogP contribution in [0.2, 0.25) is 0 Å². The lowest BCUT2D eigenvalue weighted by Gasteiger charge is -2.49. The van der Waals surface area contributed by atoms with E-state index in [1.807, 2.05) is 0 Å². The van der Waals surface area contributed by atoms with Crippen molar-refractivity contribution in [3.8, 4) is 0 Å². The smallest absolute Gasteiger partial charge is 0.141 e. The Balaban J connectivity index is 0.00000128. The number of hydrogen-bond donors (Lipinski definition) is 4. The zero-order valence-electron chi connectivity index (χ0n) is 9.17. The highest BCUT2D eigenvalue weighted by atomic mass is 79.9. The second-order valence-corrected chi connectivity index (χ2v) is 4.85. The first kappa shape index (κ1) is 14.3. The second kappa shape index (κ2) is 5.29. The average Bonchev–Trinajstić information content (AvgIpc) is 2.65. The summed E-state index contributed by atoms with van der Waals surface area (Å²) in [6.07, 6.45) is -0.887. The average molecular weight is 298 g/mol. The molecule has 2 aliphatic heterocycles. The third kappa shape index (κ3) is 2.14. The van der Waals surface area contributed by atoms with Crippen molar-refractivity contribution < 1.29 is 41.9 Å². The molecule has 2 saturated heterocycles. The van der Waals surface area contributed by atoms with E-state index in [-0.39, 0.29) is 29.6 Å². The summed E-state index contributed by atoms with van der Waals surface area (Å²) in [6, 6.07) is -0.342. The largest absolute Gasteiger partial charge is 1.00 e. The van der Waals surface area contributed by atoms with Gasteiger partial charge in [0.1, 0.15) is 30.9 Å². The molecule has 16 heavy (non-hydrogen) atoms. The Bertz CT molecular complexity index is 235. The predicted molar refractivity (Wildman–Crippen MR) is 53.0 cm³/mol. The zero-order chi connectivity index (χ0) is 11.1. The van der Waals surface area contributed by atoms with Crippen LogP contribution in [0.15, 0.2) is 0 Å². The Morgan fingerprint density at radius 1 is 1.00 bits per heavy atom. The number of nitrogens with zero attached hydrogens (tertiary/aromatic N) is 1. The van der Waals surface area contributed by atoms with Gasteiger partial charge >= 0.3 is 0 Å². The van der Waals surface area contributed by atoms with Crippen molar-refractivity contribution in [3.05, 3.63) is 0 Å². The maximum absolute atomic E-state index is 9.85. The molecule has 6 heteroatoms. The monoisotopic (exact) mass is 297 g/mol. The van der Waals surface area contributed by atoms with Crippen LogP contribution in [0.25, 0.3) is 0 Å². The molecule has 2 rings (SSSR count). The van der Waals surface area contributed by atoms with Gasteiger partial charge in [-0.1, -0.05) is 0 Å². The van der Waals surface area contributed by atoms with Gasteiger partial charge in [-0.25, -0.2) is 0 Å². The van der Waals surface area contributed by atoms with Gasteiger partial charge < -0.3 is 41.9 Å². The van der Waals surface area contributed by atoms with Gasteiger partial charge in [-0.2, -0.15) is 0 Å². The van der Waals surface area contributed by atoms with Crippen LogP contribution >= 0.6 is 0 Å². The fraction of sp³-hybridized carbons (Fsp3) is 1.00. The topological polar surface area (TPSA) is 80.9 Å². The molecule has 0 amide bonds. The van der Waals surface area contributed by atoms with Crippen molar-refractivity contribution in [1.82, 2.24) is 0 Å². The fourth-order valence-corrected chi connectivity index (χ4v) is 3.16. The third-order valence-corrected chi connectivity index (χ3v) is 4.04. The number of rotatable bonds is 1. The molecular formula is C10H20BrNO4. The van der Waals surface area contributed by atoms with Gasteiger partial charge in [0.2, 0.25) is 0 Å². The van der Waals surface area contributed by atoms with E-state index in [0.29, 0.717) is 11.0 Å². The van der Waals surface area contributed by atoms with E-state index in [1.165, 1.54) is 0 Å². The van der Waals surface area contributed by atoms with Crippen LogP contribution in [-0.4, -0.2) is 75.5 Å². The summed E-state index contributed by atoms with van der Waals surface area (Å²) in [4.78, 5) is 0. The van der Waals surface area contributed by atoms with Crippen LogP contribution in [0.3, 0.4) is 0 Å². The Morgan fingerprint density at radius 2 is 1.56 bits per heavy atom. The Labute approximate surface area is 106 Å². The predicted octanol–water partition coefficient (Wildman–Crippen LogP) is -4.94. The fourth-order valence-electron chi connectivity index (χ4n) is 3.16. The van der Waals surface area contributed by atoms with Crippen molar-refractivity contribution in [3.63, 3.8) is 0 Å². The van der Waals surface area contributed by atoms with Crippen LogP contribution < -0.4 is 17.0 Å². The summed E-state index contributed by atoms with van der Waals surface area (Å²) in [6.45, 7) is 2.08. The van der Waals surface area contributed by atoms with Gasteiger partial charge in [0.25, 0.3) is 0 Å². The summed E-state index contributed by atoms with van der Waals surface area (Å²) in [5.41, 5.74) is 0. The van der Waals surface area contributed by atoms with Crippen molar-refractivity contribution in [2.24, 2.45) is 0 Å². The van der Waals surface area contributed by atoms with Gasteiger partial charge in [-0.05, 0) is 0 Å². The lowest BCUT2D eigenvalue weighted by molar-refractivity contribution is -0.953. The Hall–Kier alpha value is 0.280. The van der Waals surface area contributed by atoms with E-state index in [2.05, 4.69) is 0 Å². The van der Waals surface area contributed by atoms with Crippen LogP contribution in [0.4, 0.5) is 0 Å². The lowest BCUT2D eigenvalue weighted by atomic mass is 9.92. The first-order chi connectivity index (χ1) is 7.10. The quantitative estimate of drug-likeness (QED) is 0.366. The van der Waals surface area contributed by atoms with E-state index < -0.39 is 18.3 Å². The van der Waals surface area contributed by atoms with Crippen LogP contribution in [0.1, 0.15) is 12.8 Å². The number of aliphatic hydroxyl groups excluding tert-OH is 4. The lowest BCUT2D eigenvalue weighted by Crippen LogP contribution is -3.00. The molecule has 5 nitrogen and oxygen atoms in total. The molecule has 4 atom stereocenters. The molecule has 0 radical (unpaired) electrons. The first-order valence-electron chi connectivity index (χ1n) is 5.61. The zero-order valence-corrected chi connectivity index (χ0v) is 10.8. The van der Waals surface area contributed by atoms with Crippen LogP contribution in [-0.2, 0) is 0 Å². The van der Waals surface area contributed by atoms with Gasteiger partial charge in [0, 0.05) is 12.8 Å². The summed E-state index contributed by atoms with van der Waals surface area (Å²) in [5, 5.41) is 38.4. The Kier molecular flexibility index (Phi) is 4.74. The molecule has 1 spiro atoms. The highest BCUT2D eigenvalue weighted by Crippen LogP contribution is 2.31. The standard InChI is InChI=1S/C10H20NO4.BrH/c12-6-7-9(14)10(15)8(13)5-11(7)3-1-2-4-11;/h7-10,12-15H,1-6H2;1H/q+1;/p-1/t7-,8+,9-,10-;/m1./s1. The van der Waals surface area contributed by atoms with E-state index in [1.54, 1.807) is 0 Å². The van der Waals surface area contributed by atoms with Crippen molar-refractivity contribution in [2.75, 3.05) is 26.2 Å². The van der Waals surface area contributed by atoms with Crippen molar-refractivity contribution in [1.29, 1.82) is 0 Å². The summed E-state index contributed by atoms with van der Waals surface area (Å²) < 4.78 is 0.565. The summed E-state index contributed by atoms with van der Waals surface area (Å²) in [7, 11) is 0. The molecule has 2 heterocycles. The Morgan fingerprint density at radius 3 is 2.06 bits per heavy atom. The molecule has 4 N–H and O–H groups in total. The molecule has 0 aromatic heterocycles. The molecular weight excluding hydrogens is 278 g/mol. The highest BCUT2D eigenvalue weighted by Gasteiger charge is 2.53. The summed E-state index contributed by atoms with van der Waals surface area (Å²) >= 11 is 0. The minimum atomic E-state index is -1.12. The molecule has 2 fully saturated rings. The normalized spacial score (nSPS) is 42.0. The van der Waals surface area contributed by atoms with E-state index >= 15 is 0 Å². The molecule has 0 aromatic rings. The van der Waals surface area contributed by atoms with E-state index in [9.17, 15) is 20.4 Å². The van der Waals surface area contributed by atoms with E-state index in [4.69, 9.17) is 0 Å². The maximum Gasteiger partial charge on any atom is 0.141 e. The number of halogens is 1. The van der Waals surface area contributed by atoms with Crippen molar-refractivity contribution in [2.45, 2.75) is 37.2 Å². The van der Waals surface area contributed by atoms with Gasteiger partial charge in [0.05, 0.1) is 19.7 Å². The number of aliphatic hydroxyl groups is 4. The molecule has 0 bridgehead atoms.